The molecule has 0 radical (unpaired) electrons. The first-order valence-electron chi connectivity index (χ1n) is 6.25. The maximum atomic E-state index is 13.1. The Morgan fingerprint density at radius 3 is 2.40 bits per heavy atom. The third-order valence-corrected chi connectivity index (χ3v) is 3.23. The van der Waals surface area contributed by atoms with Gasteiger partial charge in [-0.05, 0) is 29.8 Å². The summed E-state index contributed by atoms with van der Waals surface area (Å²) >= 11 is 0. The molecule has 0 aliphatic carbocycles. The second kappa shape index (κ2) is 5.07. The molecule has 0 spiro atoms. The van der Waals surface area contributed by atoms with Crippen molar-refractivity contribution in [2.24, 2.45) is 0 Å². The average Bonchev–Trinajstić information content (AvgIpc) is 2.89. The van der Waals surface area contributed by atoms with Crippen LogP contribution >= 0.6 is 0 Å². The Kier molecular flexibility index (Phi) is 3.26. The summed E-state index contributed by atoms with van der Waals surface area (Å²) < 4.78 is 18.6. The predicted molar refractivity (Wildman–Crippen MR) is 72.5 cm³/mol. The van der Waals surface area contributed by atoms with Gasteiger partial charge in [-0.25, -0.2) is 4.39 Å². The van der Waals surface area contributed by atoms with Gasteiger partial charge in [0.2, 0.25) is 0 Å². The van der Waals surface area contributed by atoms with Crippen LogP contribution in [0.1, 0.15) is 23.5 Å². The van der Waals surface area contributed by atoms with E-state index in [1.54, 1.807) is 24.3 Å². The Bertz CT molecular complexity index is 721. The lowest BCUT2D eigenvalue weighted by Crippen LogP contribution is -2.09. The van der Waals surface area contributed by atoms with E-state index in [0.29, 0.717) is 16.5 Å². The lowest BCUT2D eigenvalue weighted by Gasteiger charge is -2.15. The molecule has 1 heterocycles. The molecule has 2 aromatic carbocycles. The number of furan rings is 1. The number of benzene rings is 2. The highest BCUT2D eigenvalue weighted by Crippen LogP contribution is 2.32. The van der Waals surface area contributed by atoms with Gasteiger partial charge in [0.05, 0.1) is 0 Å². The van der Waals surface area contributed by atoms with E-state index in [4.69, 9.17) is 4.42 Å². The Morgan fingerprint density at radius 2 is 1.65 bits per heavy atom. The van der Waals surface area contributed by atoms with Crippen molar-refractivity contribution in [3.05, 3.63) is 71.7 Å². The van der Waals surface area contributed by atoms with E-state index in [-0.39, 0.29) is 11.6 Å². The van der Waals surface area contributed by atoms with Gasteiger partial charge in [0.15, 0.2) is 0 Å². The Hall–Kier alpha value is -2.17. The van der Waals surface area contributed by atoms with Crippen LogP contribution in [0, 0.1) is 5.82 Å². The van der Waals surface area contributed by atoms with Crippen LogP contribution in [-0.4, -0.2) is 10.2 Å². The summed E-state index contributed by atoms with van der Waals surface area (Å²) in [4.78, 5) is 0. The zero-order chi connectivity index (χ0) is 14.1. The highest BCUT2D eigenvalue weighted by Gasteiger charge is 2.23. The first kappa shape index (κ1) is 12.8. The molecule has 3 rings (SSSR count). The van der Waals surface area contributed by atoms with E-state index in [9.17, 15) is 14.6 Å². The van der Waals surface area contributed by atoms with E-state index in [0.717, 1.165) is 0 Å². The molecule has 0 fully saturated rings. The standard InChI is InChI=1S/C16H13FO3/c17-12-6-7-13-11(8-12)9-14(20-13)16(19)15(18)10-4-2-1-3-5-10/h1-9,15-16,18-19H. The normalized spacial score (nSPS) is 14.3. The van der Waals surface area contributed by atoms with Crippen molar-refractivity contribution in [1.29, 1.82) is 0 Å². The summed E-state index contributed by atoms with van der Waals surface area (Å²) in [7, 11) is 0. The molecule has 0 aliphatic heterocycles. The summed E-state index contributed by atoms with van der Waals surface area (Å²) in [5, 5.41) is 20.9. The van der Waals surface area contributed by atoms with Crippen LogP contribution in [0.3, 0.4) is 0 Å². The topological polar surface area (TPSA) is 53.6 Å². The molecule has 3 aromatic rings. The summed E-state index contributed by atoms with van der Waals surface area (Å²) in [6.07, 6.45) is -2.30. The van der Waals surface area contributed by atoms with Crippen LogP contribution in [0.5, 0.6) is 0 Å². The van der Waals surface area contributed by atoms with Crippen molar-refractivity contribution in [2.45, 2.75) is 12.2 Å². The van der Waals surface area contributed by atoms with Crippen LogP contribution in [0.15, 0.2) is 59.0 Å². The molecule has 2 unspecified atom stereocenters. The third-order valence-electron chi connectivity index (χ3n) is 3.23. The molecule has 0 amide bonds. The number of aliphatic hydroxyl groups excluding tert-OH is 2. The number of hydrogen-bond donors (Lipinski definition) is 2. The first-order valence-corrected chi connectivity index (χ1v) is 6.25. The van der Waals surface area contributed by atoms with Gasteiger partial charge in [-0.3, -0.25) is 0 Å². The summed E-state index contributed by atoms with van der Waals surface area (Å²) in [5.41, 5.74) is 1.06. The molecule has 102 valence electrons. The Morgan fingerprint density at radius 1 is 0.900 bits per heavy atom. The maximum absolute atomic E-state index is 13.1. The lowest BCUT2D eigenvalue weighted by atomic mass is 10.0. The number of fused-ring (bicyclic) bond motifs is 1. The number of halogens is 1. The van der Waals surface area contributed by atoms with Gasteiger partial charge >= 0.3 is 0 Å². The molecule has 4 heteroatoms. The molecular weight excluding hydrogens is 259 g/mol. The molecule has 0 saturated carbocycles. The lowest BCUT2D eigenvalue weighted by molar-refractivity contribution is 0.00506. The molecule has 2 atom stereocenters. The SMILES string of the molecule is OC(c1ccccc1)C(O)c1cc2cc(F)ccc2o1. The van der Waals surface area contributed by atoms with Gasteiger partial charge in [0.25, 0.3) is 0 Å². The van der Waals surface area contributed by atoms with Gasteiger partial charge in [0.1, 0.15) is 29.4 Å². The predicted octanol–water partition coefficient (Wildman–Crippen LogP) is 3.34. The fourth-order valence-electron chi connectivity index (χ4n) is 2.17. The smallest absolute Gasteiger partial charge is 0.142 e. The minimum atomic E-state index is -1.20. The van der Waals surface area contributed by atoms with Crippen molar-refractivity contribution in [2.75, 3.05) is 0 Å². The van der Waals surface area contributed by atoms with Gasteiger partial charge in [-0.2, -0.15) is 0 Å². The van der Waals surface area contributed by atoms with E-state index >= 15 is 0 Å². The number of hydrogen-bond acceptors (Lipinski definition) is 3. The molecule has 1 aromatic heterocycles. The molecule has 2 N–H and O–H groups in total. The van der Waals surface area contributed by atoms with Crippen molar-refractivity contribution in [3.63, 3.8) is 0 Å². The fraction of sp³-hybridized carbons (Fsp3) is 0.125. The first-order chi connectivity index (χ1) is 9.65. The minimum Gasteiger partial charge on any atom is -0.458 e. The summed E-state index contributed by atoms with van der Waals surface area (Å²) in [6, 6.07) is 14.5. The van der Waals surface area contributed by atoms with Crippen molar-refractivity contribution in [1.82, 2.24) is 0 Å². The maximum Gasteiger partial charge on any atom is 0.142 e. The molecular formula is C16H13FO3. The van der Waals surface area contributed by atoms with Crippen LogP contribution in [0.4, 0.5) is 4.39 Å². The summed E-state index contributed by atoms with van der Waals surface area (Å²) in [6.45, 7) is 0. The Labute approximate surface area is 114 Å². The fourth-order valence-corrected chi connectivity index (χ4v) is 2.17. The van der Waals surface area contributed by atoms with E-state index in [1.807, 2.05) is 6.07 Å². The monoisotopic (exact) mass is 272 g/mol. The molecule has 0 bridgehead atoms. The van der Waals surface area contributed by atoms with Crippen LogP contribution < -0.4 is 0 Å². The second-order valence-corrected chi connectivity index (χ2v) is 4.63. The number of rotatable bonds is 3. The van der Waals surface area contributed by atoms with Gasteiger partial charge < -0.3 is 14.6 Å². The highest BCUT2D eigenvalue weighted by molar-refractivity contribution is 5.78. The summed E-state index contributed by atoms with van der Waals surface area (Å²) in [5.74, 6) is -0.162. The van der Waals surface area contributed by atoms with Crippen molar-refractivity contribution in [3.8, 4) is 0 Å². The Balaban J connectivity index is 1.94. The number of aliphatic hydroxyl groups is 2. The van der Waals surface area contributed by atoms with E-state index < -0.39 is 12.2 Å². The van der Waals surface area contributed by atoms with Crippen molar-refractivity contribution < 1.29 is 19.0 Å². The van der Waals surface area contributed by atoms with Crippen LogP contribution in [-0.2, 0) is 0 Å². The third kappa shape index (κ3) is 2.31. The highest BCUT2D eigenvalue weighted by atomic mass is 19.1. The second-order valence-electron chi connectivity index (χ2n) is 4.63. The minimum absolute atomic E-state index is 0.210. The zero-order valence-electron chi connectivity index (χ0n) is 10.5. The van der Waals surface area contributed by atoms with Gasteiger partial charge in [-0.15, -0.1) is 0 Å². The largest absolute Gasteiger partial charge is 0.458 e. The van der Waals surface area contributed by atoms with Crippen molar-refractivity contribution >= 4 is 11.0 Å². The van der Waals surface area contributed by atoms with Crippen LogP contribution in [0.2, 0.25) is 0 Å². The molecule has 20 heavy (non-hydrogen) atoms. The van der Waals surface area contributed by atoms with Gasteiger partial charge in [0, 0.05) is 5.39 Å². The van der Waals surface area contributed by atoms with E-state index in [2.05, 4.69) is 0 Å². The van der Waals surface area contributed by atoms with E-state index in [1.165, 1.54) is 24.3 Å². The molecule has 0 saturated heterocycles. The quantitative estimate of drug-likeness (QED) is 0.769. The molecule has 0 aliphatic rings. The molecule has 3 nitrogen and oxygen atoms in total. The zero-order valence-corrected chi connectivity index (χ0v) is 10.5. The average molecular weight is 272 g/mol. The van der Waals surface area contributed by atoms with Crippen LogP contribution in [0.25, 0.3) is 11.0 Å². The van der Waals surface area contributed by atoms with Gasteiger partial charge in [-0.1, -0.05) is 30.3 Å².